The largest absolute Gasteiger partial charge is 0.493 e. The fourth-order valence-electron chi connectivity index (χ4n) is 3.14. The quantitative estimate of drug-likeness (QED) is 0.842. The molecule has 1 aliphatic rings. The minimum Gasteiger partial charge on any atom is -0.493 e. The number of carbonyl (C=O) groups excluding carboxylic acids is 1. The summed E-state index contributed by atoms with van der Waals surface area (Å²) in [5, 5.41) is 3.14. The van der Waals surface area contributed by atoms with Gasteiger partial charge in [-0.2, -0.15) is 0 Å². The van der Waals surface area contributed by atoms with Gasteiger partial charge in [-0.1, -0.05) is 24.3 Å². The number of benzene rings is 1. The standard InChI is InChI=1S/C20H25N3O2/c24-20(10-13-25-19-8-2-1-3-9-19)22-18-7-5-12-23(16-18)15-17-6-4-11-21-14-17/h1-4,6,8-9,11,14,18H,5,7,10,12-13,15-16H2,(H,22,24). The number of hydrogen-bond donors (Lipinski definition) is 1. The van der Waals surface area contributed by atoms with Gasteiger partial charge in [0.2, 0.25) is 5.91 Å². The summed E-state index contributed by atoms with van der Waals surface area (Å²) in [5.41, 5.74) is 1.21. The lowest BCUT2D eigenvalue weighted by Crippen LogP contribution is -2.47. The van der Waals surface area contributed by atoms with Crippen molar-refractivity contribution >= 4 is 5.91 Å². The van der Waals surface area contributed by atoms with Gasteiger partial charge in [0, 0.05) is 31.5 Å². The smallest absolute Gasteiger partial charge is 0.223 e. The first-order valence-corrected chi connectivity index (χ1v) is 8.88. The molecule has 0 bridgehead atoms. The number of pyridine rings is 1. The van der Waals surface area contributed by atoms with Crippen LogP contribution in [0.25, 0.3) is 0 Å². The third-order valence-corrected chi connectivity index (χ3v) is 4.34. The van der Waals surface area contributed by atoms with E-state index in [1.165, 1.54) is 5.56 Å². The number of hydrogen-bond acceptors (Lipinski definition) is 4. The van der Waals surface area contributed by atoms with Crippen molar-refractivity contribution in [3.63, 3.8) is 0 Å². The second-order valence-electron chi connectivity index (χ2n) is 6.41. The van der Waals surface area contributed by atoms with E-state index in [-0.39, 0.29) is 11.9 Å². The maximum Gasteiger partial charge on any atom is 0.223 e. The van der Waals surface area contributed by atoms with E-state index >= 15 is 0 Å². The molecule has 0 saturated carbocycles. The van der Waals surface area contributed by atoms with Crippen molar-refractivity contribution in [2.45, 2.75) is 31.8 Å². The molecule has 2 aromatic rings. The molecule has 3 rings (SSSR count). The van der Waals surface area contributed by atoms with Crippen molar-refractivity contribution in [2.24, 2.45) is 0 Å². The lowest BCUT2D eigenvalue weighted by atomic mass is 10.0. The summed E-state index contributed by atoms with van der Waals surface area (Å²) in [6, 6.07) is 13.9. The summed E-state index contributed by atoms with van der Waals surface area (Å²) < 4.78 is 5.59. The Bertz CT molecular complexity index is 649. The minimum absolute atomic E-state index is 0.0594. The zero-order valence-corrected chi connectivity index (χ0v) is 14.4. The van der Waals surface area contributed by atoms with Crippen LogP contribution in [0.3, 0.4) is 0 Å². The van der Waals surface area contributed by atoms with Crippen molar-refractivity contribution in [3.8, 4) is 5.75 Å². The van der Waals surface area contributed by atoms with Crippen LogP contribution in [-0.2, 0) is 11.3 Å². The zero-order valence-electron chi connectivity index (χ0n) is 14.4. The van der Waals surface area contributed by atoms with Gasteiger partial charge >= 0.3 is 0 Å². The van der Waals surface area contributed by atoms with Gasteiger partial charge in [0.15, 0.2) is 0 Å². The highest BCUT2D eigenvalue weighted by atomic mass is 16.5. The fraction of sp³-hybridized carbons (Fsp3) is 0.400. The van der Waals surface area contributed by atoms with Crippen molar-refractivity contribution in [1.29, 1.82) is 0 Å². The van der Waals surface area contributed by atoms with Crippen LogP contribution in [0.1, 0.15) is 24.8 Å². The van der Waals surface area contributed by atoms with Crippen LogP contribution >= 0.6 is 0 Å². The Balaban J connectivity index is 1.39. The second kappa shape index (κ2) is 9.18. The number of aromatic nitrogens is 1. The van der Waals surface area contributed by atoms with Crippen LogP contribution < -0.4 is 10.1 Å². The lowest BCUT2D eigenvalue weighted by Gasteiger charge is -2.33. The number of ether oxygens (including phenoxy) is 1. The Morgan fingerprint density at radius 3 is 2.92 bits per heavy atom. The van der Waals surface area contributed by atoms with E-state index in [9.17, 15) is 4.79 Å². The van der Waals surface area contributed by atoms with Crippen molar-refractivity contribution in [3.05, 3.63) is 60.4 Å². The molecule has 1 saturated heterocycles. The SMILES string of the molecule is O=C(CCOc1ccccc1)NC1CCCN(Cc2cccnc2)C1. The number of para-hydroxylation sites is 1. The summed E-state index contributed by atoms with van der Waals surface area (Å²) in [6.07, 6.45) is 6.22. The lowest BCUT2D eigenvalue weighted by molar-refractivity contribution is -0.122. The second-order valence-corrected chi connectivity index (χ2v) is 6.41. The number of nitrogens with one attached hydrogen (secondary N) is 1. The van der Waals surface area contributed by atoms with E-state index in [1.54, 1.807) is 6.20 Å². The molecule has 0 aliphatic carbocycles. The topological polar surface area (TPSA) is 54.5 Å². The Morgan fingerprint density at radius 2 is 2.12 bits per heavy atom. The molecule has 1 atom stereocenters. The molecule has 1 unspecified atom stereocenters. The maximum absolute atomic E-state index is 12.1. The highest BCUT2D eigenvalue weighted by Gasteiger charge is 2.21. The molecule has 1 fully saturated rings. The summed E-state index contributed by atoms with van der Waals surface area (Å²) in [4.78, 5) is 18.7. The van der Waals surface area contributed by atoms with E-state index < -0.39 is 0 Å². The third-order valence-electron chi connectivity index (χ3n) is 4.34. The van der Waals surface area contributed by atoms with Gasteiger partial charge in [-0.3, -0.25) is 14.7 Å². The normalized spacial score (nSPS) is 17.8. The van der Waals surface area contributed by atoms with E-state index in [0.717, 1.165) is 38.2 Å². The Hall–Kier alpha value is -2.40. The van der Waals surface area contributed by atoms with Crippen LogP contribution in [-0.4, -0.2) is 41.5 Å². The average molecular weight is 339 g/mol. The van der Waals surface area contributed by atoms with E-state index in [4.69, 9.17) is 4.74 Å². The number of rotatable bonds is 7. The number of carbonyl (C=O) groups is 1. The first-order valence-electron chi connectivity index (χ1n) is 8.88. The molecule has 132 valence electrons. The number of amides is 1. The van der Waals surface area contributed by atoms with E-state index in [1.807, 2.05) is 42.6 Å². The maximum atomic E-state index is 12.1. The molecule has 1 N–H and O–H groups in total. The van der Waals surface area contributed by atoms with Gasteiger partial charge in [0.05, 0.1) is 13.0 Å². The molecule has 2 heterocycles. The predicted molar refractivity (Wildman–Crippen MR) is 97.2 cm³/mol. The molecule has 5 nitrogen and oxygen atoms in total. The van der Waals surface area contributed by atoms with Gasteiger partial charge in [0.1, 0.15) is 5.75 Å². The summed E-state index contributed by atoms with van der Waals surface area (Å²) in [6.45, 7) is 3.25. The summed E-state index contributed by atoms with van der Waals surface area (Å²) in [7, 11) is 0. The van der Waals surface area contributed by atoms with E-state index in [2.05, 4.69) is 21.3 Å². The van der Waals surface area contributed by atoms with Gasteiger partial charge in [-0.25, -0.2) is 0 Å². The molecular weight excluding hydrogens is 314 g/mol. The molecule has 1 amide bonds. The highest BCUT2D eigenvalue weighted by Crippen LogP contribution is 2.14. The van der Waals surface area contributed by atoms with Gasteiger partial charge in [0.25, 0.3) is 0 Å². The van der Waals surface area contributed by atoms with Gasteiger partial charge in [-0.05, 0) is 43.1 Å². The zero-order chi connectivity index (χ0) is 17.3. The minimum atomic E-state index is 0.0594. The molecular formula is C20H25N3O2. The molecule has 1 aliphatic heterocycles. The number of nitrogens with zero attached hydrogens (tertiary/aromatic N) is 2. The van der Waals surface area contributed by atoms with Crippen LogP contribution in [0, 0.1) is 0 Å². The first kappa shape index (κ1) is 17.4. The fourth-order valence-corrected chi connectivity index (χ4v) is 3.14. The molecule has 0 radical (unpaired) electrons. The van der Waals surface area contributed by atoms with Crippen LogP contribution in [0.2, 0.25) is 0 Å². The third kappa shape index (κ3) is 5.87. The van der Waals surface area contributed by atoms with Crippen LogP contribution in [0.15, 0.2) is 54.9 Å². The molecule has 0 spiro atoms. The van der Waals surface area contributed by atoms with Gasteiger partial charge < -0.3 is 10.1 Å². The summed E-state index contributed by atoms with van der Waals surface area (Å²) >= 11 is 0. The highest BCUT2D eigenvalue weighted by molar-refractivity contribution is 5.76. The molecule has 1 aromatic heterocycles. The van der Waals surface area contributed by atoms with E-state index in [0.29, 0.717) is 13.0 Å². The van der Waals surface area contributed by atoms with Crippen LogP contribution in [0.5, 0.6) is 5.75 Å². The monoisotopic (exact) mass is 339 g/mol. The number of piperidine rings is 1. The van der Waals surface area contributed by atoms with Crippen LogP contribution in [0.4, 0.5) is 0 Å². The predicted octanol–water partition coefficient (Wildman–Crippen LogP) is 2.63. The number of likely N-dealkylation sites (tertiary alicyclic amines) is 1. The molecule has 1 aromatic carbocycles. The Morgan fingerprint density at radius 1 is 1.24 bits per heavy atom. The molecule has 5 heteroatoms. The average Bonchev–Trinajstić information content (AvgIpc) is 2.64. The summed E-state index contributed by atoms with van der Waals surface area (Å²) in [5.74, 6) is 0.861. The first-order chi connectivity index (χ1) is 12.3. The van der Waals surface area contributed by atoms with Gasteiger partial charge in [-0.15, -0.1) is 0 Å². The van der Waals surface area contributed by atoms with Crippen molar-refractivity contribution in [2.75, 3.05) is 19.7 Å². The molecule has 25 heavy (non-hydrogen) atoms. The van der Waals surface area contributed by atoms with Crippen molar-refractivity contribution in [1.82, 2.24) is 15.2 Å². The Labute approximate surface area is 149 Å². The van der Waals surface area contributed by atoms with Crippen molar-refractivity contribution < 1.29 is 9.53 Å². The Kier molecular flexibility index (Phi) is 6.40.